The summed E-state index contributed by atoms with van der Waals surface area (Å²) >= 11 is 0. The summed E-state index contributed by atoms with van der Waals surface area (Å²) in [6.07, 6.45) is 8.38. The summed E-state index contributed by atoms with van der Waals surface area (Å²) in [4.78, 5) is 0. The summed E-state index contributed by atoms with van der Waals surface area (Å²) < 4.78 is 10.7. The molecule has 1 aliphatic carbocycles. The highest BCUT2D eigenvalue weighted by atomic mass is 16.5. The molecule has 108 valence electrons. The number of ether oxygens (including phenoxy) is 2. The number of hydrogen-bond donors (Lipinski definition) is 2. The van der Waals surface area contributed by atoms with Gasteiger partial charge < -0.3 is 19.9 Å². The predicted octanol–water partition coefficient (Wildman–Crippen LogP) is 1.71. The normalized spacial score (nSPS) is 19.0. The second-order valence-electron chi connectivity index (χ2n) is 5.15. The first-order valence-electron chi connectivity index (χ1n) is 7.32. The van der Waals surface area contributed by atoms with Crippen LogP contribution in [0.15, 0.2) is 0 Å². The van der Waals surface area contributed by atoms with Crippen molar-refractivity contribution in [2.75, 3.05) is 33.4 Å². The number of unbranched alkanes of at least 4 members (excludes halogenated alkanes) is 1. The highest BCUT2D eigenvalue weighted by Gasteiger charge is 2.15. The molecule has 0 heterocycles. The lowest BCUT2D eigenvalue weighted by Gasteiger charge is -2.23. The standard InChI is InChI=1S/C14H29NO3/c1-17-10-6-5-9-15-11-13(16)12-18-14-7-3-2-4-8-14/h13-16H,2-12H2,1H3. The van der Waals surface area contributed by atoms with E-state index in [0.717, 1.165) is 38.8 Å². The van der Waals surface area contributed by atoms with Crippen molar-refractivity contribution in [3.05, 3.63) is 0 Å². The molecule has 4 heteroatoms. The number of aliphatic hydroxyl groups is 1. The van der Waals surface area contributed by atoms with Gasteiger partial charge in [0, 0.05) is 20.3 Å². The van der Waals surface area contributed by atoms with Crippen LogP contribution in [-0.4, -0.2) is 50.7 Å². The van der Waals surface area contributed by atoms with E-state index in [4.69, 9.17) is 9.47 Å². The van der Waals surface area contributed by atoms with Crippen LogP contribution in [0.2, 0.25) is 0 Å². The number of rotatable bonds is 10. The van der Waals surface area contributed by atoms with Crippen LogP contribution in [0.5, 0.6) is 0 Å². The Balaban J connectivity index is 1.88. The Kier molecular flexibility index (Phi) is 9.48. The van der Waals surface area contributed by atoms with Crippen LogP contribution in [0.4, 0.5) is 0 Å². The highest BCUT2D eigenvalue weighted by molar-refractivity contribution is 4.67. The first kappa shape index (κ1) is 15.9. The van der Waals surface area contributed by atoms with Gasteiger partial charge in [0.25, 0.3) is 0 Å². The van der Waals surface area contributed by atoms with Gasteiger partial charge in [-0.25, -0.2) is 0 Å². The molecular weight excluding hydrogens is 230 g/mol. The van der Waals surface area contributed by atoms with Crippen LogP contribution >= 0.6 is 0 Å². The lowest BCUT2D eigenvalue weighted by atomic mass is 9.98. The van der Waals surface area contributed by atoms with Crippen LogP contribution in [0.3, 0.4) is 0 Å². The van der Waals surface area contributed by atoms with Crippen LogP contribution in [0.1, 0.15) is 44.9 Å². The van der Waals surface area contributed by atoms with Gasteiger partial charge in [0.05, 0.1) is 18.8 Å². The maximum absolute atomic E-state index is 9.77. The van der Waals surface area contributed by atoms with E-state index in [1.165, 1.54) is 19.3 Å². The van der Waals surface area contributed by atoms with Crippen LogP contribution < -0.4 is 5.32 Å². The molecule has 0 aromatic rings. The van der Waals surface area contributed by atoms with E-state index >= 15 is 0 Å². The molecule has 0 bridgehead atoms. The topological polar surface area (TPSA) is 50.7 Å². The monoisotopic (exact) mass is 259 g/mol. The zero-order chi connectivity index (χ0) is 13.1. The van der Waals surface area contributed by atoms with E-state index in [-0.39, 0.29) is 6.10 Å². The second-order valence-corrected chi connectivity index (χ2v) is 5.15. The van der Waals surface area contributed by atoms with Crippen LogP contribution in [0, 0.1) is 0 Å². The molecule has 1 fully saturated rings. The molecule has 4 nitrogen and oxygen atoms in total. The Morgan fingerprint density at radius 3 is 2.72 bits per heavy atom. The molecule has 1 saturated carbocycles. The minimum atomic E-state index is -0.380. The maximum Gasteiger partial charge on any atom is 0.0897 e. The van der Waals surface area contributed by atoms with Gasteiger partial charge >= 0.3 is 0 Å². The Hall–Kier alpha value is -0.160. The molecule has 0 aliphatic heterocycles. The first-order valence-corrected chi connectivity index (χ1v) is 7.32. The number of nitrogens with one attached hydrogen (secondary N) is 1. The Morgan fingerprint density at radius 1 is 1.22 bits per heavy atom. The molecule has 18 heavy (non-hydrogen) atoms. The van der Waals surface area contributed by atoms with Gasteiger partial charge in [-0.2, -0.15) is 0 Å². The van der Waals surface area contributed by atoms with Crippen molar-refractivity contribution in [3.8, 4) is 0 Å². The summed E-state index contributed by atoms with van der Waals surface area (Å²) in [5.74, 6) is 0. The van der Waals surface area contributed by atoms with Crippen LogP contribution in [-0.2, 0) is 9.47 Å². The van der Waals surface area contributed by atoms with Gasteiger partial charge in [0.1, 0.15) is 0 Å². The molecule has 1 rings (SSSR count). The summed E-state index contributed by atoms with van der Waals surface area (Å²) in [7, 11) is 1.72. The molecule has 0 saturated heterocycles. The Morgan fingerprint density at radius 2 is 2.00 bits per heavy atom. The summed E-state index contributed by atoms with van der Waals surface area (Å²) in [6, 6.07) is 0. The van der Waals surface area contributed by atoms with Crippen LogP contribution in [0.25, 0.3) is 0 Å². The Labute approximate surface area is 111 Å². The summed E-state index contributed by atoms with van der Waals surface area (Å²) in [6.45, 7) is 2.84. The van der Waals surface area contributed by atoms with Crippen molar-refractivity contribution in [2.24, 2.45) is 0 Å². The molecule has 2 N–H and O–H groups in total. The summed E-state index contributed by atoms with van der Waals surface area (Å²) in [5.41, 5.74) is 0. The van der Waals surface area contributed by atoms with Gasteiger partial charge in [-0.05, 0) is 32.2 Å². The zero-order valence-corrected chi connectivity index (χ0v) is 11.7. The van der Waals surface area contributed by atoms with Gasteiger partial charge in [-0.3, -0.25) is 0 Å². The third kappa shape index (κ3) is 8.03. The molecular formula is C14H29NO3. The van der Waals surface area contributed by atoms with Crippen molar-refractivity contribution in [3.63, 3.8) is 0 Å². The van der Waals surface area contributed by atoms with E-state index in [1.54, 1.807) is 7.11 Å². The second kappa shape index (κ2) is 10.7. The van der Waals surface area contributed by atoms with Gasteiger partial charge in [0.2, 0.25) is 0 Å². The van der Waals surface area contributed by atoms with E-state index in [0.29, 0.717) is 19.3 Å². The lowest BCUT2D eigenvalue weighted by Crippen LogP contribution is -2.33. The lowest BCUT2D eigenvalue weighted by molar-refractivity contribution is -0.0229. The van der Waals surface area contributed by atoms with Gasteiger partial charge in [-0.1, -0.05) is 19.3 Å². The van der Waals surface area contributed by atoms with Crippen molar-refractivity contribution >= 4 is 0 Å². The van der Waals surface area contributed by atoms with Crippen molar-refractivity contribution < 1.29 is 14.6 Å². The Bertz CT molecular complexity index is 184. The molecule has 0 aromatic heterocycles. The number of hydrogen-bond acceptors (Lipinski definition) is 4. The van der Waals surface area contributed by atoms with Gasteiger partial charge in [0.15, 0.2) is 0 Å². The average molecular weight is 259 g/mol. The van der Waals surface area contributed by atoms with E-state index in [9.17, 15) is 5.11 Å². The summed E-state index contributed by atoms with van der Waals surface area (Å²) in [5, 5.41) is 13.0. The smallest absolute Gasteiger partial charge is 0.0897 e. The third-order valence-corrected chi connectivity index (χ3v) is 3.41. The van der Waals surface area contributed by atoms with Crippen molar-refractivity contribution in [2.45, 2.75) is 57.2 Å². The minimum absolute atomic E-state index is 0.380. The predicted molar refractivity (Wildman–Crippen MR) is 72.8 cm³/mol. The molecule has 1 aliphatic rings. The number of methoxy groups -OCH3 is 1. The van der Waals surface area contributed by atoms with Crippen molar-refractivity contribution in [1.82, 2.24) is 5.32 Å². The van der Waals surface area contributed by atoms with Crippen molar-refractivity contribution in [1.29, 1.82) is 0 Å². The molecule has 0 spiro atoms. The van der Waals surface area contributed by atoms with E-state index in [2.05, 4.69) is 5.32 Å². The molecule has 1 unspecified atom stereocenters. The molecule has 0 aromatic carbocycles. The SMILES string of the molecule is COCCCCNCC(O)COC1CCCCC1. The maximum atomic E-state index is 9.77. The molecule has 0 radical (unpaired) electrons. The van der Waals surface area contributed by atoms with E-state index < -0.39 is 0 Å². The quantitative estimate of drug-likeness (QED) is 0.587. The van der Waals surface area contributed by atoms with Gasteiger partial charge in [-0.15, -0.1) is 0 Å². The minimum Gasteiger partial charge on any atom is -0.389 e. The zero-order valence-electron chi connectivity index (χ0n) is 11.7. The fourth-order valence-electron chi connectivity index (χ4n) is 2.30. The molecule has 0 amide bonds. The highest BCUT2D eigenvalue weighted by Crippen LogP contribution is 2.20. The van der Waals surface area contributed by atoms with E-state index in [1.807, 2.05) is 0 Å². The average Bonchev–Trinajstić information content (AvgIpc) is 2.41. The molecule has 1 atom stereocenters. The first-order chi connectivity index (χ1) is 8.83. The fraction of sp³-hybridized carbons (Fsp3) is 1.00. The third-order valence-electron chi connectivity index (χ3n) is 3.41. The largest absolute Gasteiger partial charge is 0.389 e. The fourth-order valence-corrected chi connectivity index (χ4v) is 2.30. The number of aliphatic hydroxyl groups excluding tert-OH is 1.